The normalized spacial score (nSPS) is 10.6. The van der Waals surface area contributed by atoms with Crippen LogP contribution in [0.5, 0.6) is 0 Å². The molecule has 108 valence electrons. The van der Waals surface area contributed by atoms with Gasteiger partial charge in [-0.2, -0.15) is 0 Å². The maximum Gasteiger partial charge on any atom is 0.325 e. The number of benzene rings is 1. The SMILES string of the molecule is CCN(CC(=O)OC)C(=O)C=Cc1ccc(F)c(Cl)c1. The van der Waals surface area contributed by atoms with Gasteiger partial charge in [-0.3, -0.25) is 9.59 Å². The summed E-state index contributed by atoms with van der Waals surface area (Å²) in [6.07, 6.45) is 2.81. The smallest absolute Gasteiger partial charge is 0.325 e. The molecule has 0 saturated carbocycles. The lowest BCUT2D eigenvalue weighted by atomic mass is 10.2. The highest BCUT2D eigenvalue weighted by Crippen LogP contribution is 2.16. The molecule has 20 heavy (non-hydrogen) atoms. The van der Waals surface area contributed by atoms with Crippen molar-refractivity contribution in [3.63, 3.8) is 0 Å². The summed E-state index contributed by atoms with van der Waals surface area (Å²) in [4.78, 5) is 24.3. The summed E-state index contributed by atoms with van der Waals surface area (Å²) in [5, 5.41) is -0.0125. The maximum absolute atomic E-state index is 13.0. The van der Waals surface area contributed by atoms with Crippen LogP contribution in [0.4, 0.5) is 4.39 Å². The van der Waals surface area contributed by atoms with Gasteiger partial charge in [-0.25, -0.2) is 4.39 Å². The van der Waals surface area contributed by atoms with E-state index >= 15 is 0 Å². The predicted molar refractivity (Wildman–Crippen MR) is 74.7 cm³/mol. The average Bonchev–Trinajstić information content (AvgIpc) is 2.45. The Balaban J connectivity index is 2.74. The van der Waals surface area contributed by atoms with Gasteiger partial charge in [0.05, 0.1) is 12.1 Å². The first-order valence-corrected chi connectivity index (χ1v) is 6.34. The molecule has 0 saturated heterocycles. The monoisotopic (exact) mass is 299 g/mol. The summed E-state index contributed by atoms with van der Waals surface area (Å²) in [6.45, 7) is 2.02. The second-order valence-corrected chi connectivity index (χ2v) is 4.34. The van der Waals surface area contributed by atoms with Gasteiger partial charge in [-0.15, -0.1) is 0 Å². The van der Waals surface area contributed by atoms with Crippen LogP contribution in [0.1, 0.15) is 12.5 Å². The molecule has 0 aliphatic carbocycles. The van der Waals surface area contributed by atoms with E-state index < -0.39 is 11.8 Å². The molecule has 0 aliphatic rings. The Morgan fingerprint density at radius 3 is 2.70 bits per heavy atom. The minimum atomic E-state index is -0.518. The zero-order valence-corrected chi connectivity index (χ0v) is 12.0. The highest BCUT2D eigenvalue weighted by molar-refractivity contribution is 6.30. The third-order valence-electron chi connectivity index (χ3n) is 2.60. The molecular weight excluding hydrogens is 285 g/mol. The zero-order valence-electron chi connectivity index (χ0n) is 11.2. The number of ether oxygens (including phenoxy) is 1. The molecule has 0 radical (unpaired) electrons. The van der Waals surface area contributed by atoms with Gasteiger partial charge in [-0.05, 0) is 30.7 Å². The minimum Gasteiger partial charge on any atom is -0.468 e. The fraction of sp³-hybridized carbons (Fsp3) is 0.286. The molecule has 0 fully saturated rings. The van der Waals surface area contributed by atoms with Crippen molar-refractivity contribution in [2.75, 3.05) is 20.2 Å². The first-order chi connectivity index (χ1) is 9.47. The third-order valence-corrected chi connectivity index (χ3v) is 2.89. The molecule has 0 atom stereocenters. The number of hydrogen-bond donors (Lipinski definition) is 0. The Morgan fingerprint density at radius 2 is 2.15 bits per heavy atom. The van der Waals surface area contributed by atoms with E-state index in [1.807, 2.05) is 0 Å². The summed E-state index contributed by atoms with van der Waals surface area (Å²) in [6, 6.07) is 4.14. The van der Waals surface area contributed by atoms with Gasteiger partial charge in [0.15, 0.2) is 0 Å². The van der Waals surface area contributed by atoms with Crippen molar-refractivity contribution in [1.29, 1.82) is 0 Å². The highest BCUT2D eigenvalue weighted by atomic mass is 35.5. The second-order valence-electron chi connectivity index (χ2n) is 3.94. The number of likely N-dealkylation sites (N-methyl/N-ethyl adjacent to an activating group) is 1. The molecule has 0 spiro atoms. The van der Waals surface area contributed by atoms with Crippen molar-refractivity contribution in [2.45, 2.75) is 6.92 Å². The molecule has 4 nitrogen and oxygen atoms in total. The van der Waals surface area contributed by atoms with Gasteiger partial charge in [-0.1, -0.05) is 17.7 Å². The van der Waals surface area contributed by atoms with Crippen LogP contribution in [0.3, 0.4) is 0 Å². The van der Waals surface area contributed by atoms with Gasteiger partial charge in [0.1, 0.15) is 12.4 Å². The van der Waals surface area contributed by atoms with Crippen LogP contribution in [0.25, 0.3) is 6.08 Å². The number of amides is 1. The molecule has 0 heterocycles. The molecule has 0 bridgehead atoms. The Kier molecular flexibility index (Phi) is 6.18. The number of carbonyl (C=O) groups is 2. The van der Waals surface area contributed by atoms with Gasteiger partial charge < -0.3 is 9.64 Å². The van der Waals surface area contributed by atoms with E-state index in [0.29, 0.717) is 12.1 Å². The van der Waals surface area contributed by atoms with Gasteiger partial charge in [0.2, 0.25) is 5.91 Å². The van der Waals surface area contributed by atoms with Gasteiger partial charge in [0, 0.05) is 12.6 Å². The first-order valence-electron chi connectivity index (χ1n) is 5.96. The van der Waals surface area contributed by atoms with E-state index in [9.17, 15) is 14.0 Å². The molecule has 0 aliphatic heterocycles. The quantitative estimate of drug-likeness (QED) is 0.620. The summed E-state index contributed by atoms with van der Waals surface area (Å²) in [7, 11) is 1.26. The number of methoxy groups -OCH3 is 1. The lowest BCUT2D eigenvalue weighted by Crippen LogP contribution is -2.34. The molecule has 1 amide bonds. The molecule has 0 aromatic heterocycles. The maximum atomic E-state index is 13.0. The average molecular weight is 300 g/mol. The second kappa shape index (κ2) is 7.65. The number of hydrogen-bond acceptors (Lipinski definition) is 3. The molecular formula is C14H15ClFNO3. The largest absolute Gasteiger partial charge is 0.468 e. The van der Waals surface area contributed by atoms with Crippen LogP contribution in [0, 0.1) is 5.82 Å². The van der Waals surface area contributed by atoms with E-state index in [1.165, 1.54) is 42.4 Å². The summed E-state index contributed by atoms with van der Waals surface area (Å²) < 4.78 is 17.5. The van der Waals surface area contributed by atoms with Crippen LogP contribution in [-0.4, -0.2) is 37.0 Å². The van der Waals surface area contributed by atoms with Gasteiger partial charge in [0.25, 0.3) is 0 Å². The van der Waals surface area contributed by atoms with Crippen molar-refractivity contribution < 1.29 is 18.7 Å². The zero-order chi connectivity index (χ0) is 15.1. The predicted octanol–water partition coefficient (Wildman–Crippen LogP) is 2.51. The number of nitrogens with zero attached hydrogens (tertiary/aromatic N) is 1. The third kappa shape index (κ3) is 4.66. The molecule has 1 aromatic rings. The van der Waals surface area contributed by atoms with Crippen molar-refractivity contribution in [3.05, 3.63) is 40.7 Å². The Labute approximate surface area is 121 Å². The number of rotatable bonds is 5. The van der Waals surface area contributed by atoms with E-state index in [-0.39, 0.29) is 17.5 Å². The van der Waals surface area contributed by atoms with Crippen molar-refractivity contribution in [3.8, 4) is 0 Å². The highest BCUT2D eigenvalue weighted by Gasteiger charge is 2.13. The van der Waals surface area contributed by atoms with Crippen LogP contribution in [-0.2, 0) is 14.3 Å². The molecule has 1 rings (SSSR count). The van der Waals surface area contributed by atoms with Crippen molar-refractivity contribution in [2.24, 2.45) is 0 Å². The lowest BCUT2D eigenvalue weighted by molar-refractivity contribution is -0.145. The van der Waals surface area contributed by atoms with E-state index in [4.69, 9.17) is 11.6 Å². The van der Waals surface area contributed by atoms with Crippen LogP contribution < -0.4 is 0 Å². The van der Waals surface area contributed by atoms with E-state index in [1.54, 1.807) is 6.92 Å². The molecule has 0 N–H and O–H groups in total. The van der Waals surface area contributed by atoms with Crippen LogP contribution in [0.2, 0.25) is 5.02 Å². The lowest BCUT2D eigenvalue weighted by Gasteiger charge is -2.17. The Hall–Kier alpha value is -1.88. The summed E-state index contributed by atoms with van der Waals surface area (Å²) in [5.74, 6) is -1.34. The Bertz CT molecular complexity index is 531. The standard InChI is InChI=1S/C14H15ClFNO3/c1-3-17(9-14(19)20-2)13(18)7-5-10-4-6-12(16)11(15)8-10/h4-8H,3,9H2,1-2H3. The first kappa shape index (κ1) is 16.2. The van der Waals surface area contributed by atoms with E-state index in [0.717, 1.165) is 0 Å². The van der Waals surface area contributed by atoms with Crippen molar-refractivity contribution >= 4 is 29.6 Å². The molecule has 6 heteroatoms. The fourth-order valence-electron chi connectivity index (χ4n) is 1.45. The number of esters is 1. The van der Waals surface area contributed by atoms with Crippen LogP contribution in [0.15, 0.2) is 24.3 Å². The van der Waals surface area contributed by atoms with Crippen LogP contribution >= 0.6 is 11.6 Å². The molecule has 1 aromatic carbocycles. The van der Waals surface area contributed by atoms with Gasteiger partial charge >= 0.3 is 5.97 Å². The summed E-state index contributed by atoms with van der Waals surface area (Å²) in [5.41, 5.74) is 0.596. The fourth-order valence-corrected chi connectivity index (χ4v) is 1.64. The topological polar surface area (TPSA) is 46.6 Å². The Morgan fingerprint density at radius 1 is 1.45 bits per heavy atom. The minimum absolute atomic E-state index is 0.0125. The van der Waals surface area contributed by atoms with Crippen molar-refractivity contribution in [1.82, 2.24) is 4.90 Å². The molecule has 0 unspecified atom stereocenters. The number of carbonyl (C=O) groups excluding carboxylic acids is 2. The van der Waals surface area contributed by atoms with E-state index in [2.05, 4.69) is 4.74 Å². The number of halogens is 2. The summed E-state index contributed by atoms with van der Waals surface area (Å²) >= 11 is 5.64.